The molecule has 1 saturated carbocycles. The predicted octanol–water partition coefficient (Wildman–Crippen LogP) is 2.28. The summed E-state index contributed by atoms with van der Waals surface area (Å²) in [5, 5.41) is 13.6. The second kappa shape index (κ2) is 6.13. The summed E-state index contributed by atoms with van der Waals surface area (Å²) in [6.07, 6.45) is 4.66. The maximum Gasteiger partial charge on any atom is 0.410 e. The van der Waals surface area contributed by atoms with Gasteiger partial charge >= 0.3 is 6.09 Å². The standard InChI is InChI=1S/C16H30N2O3/c1-12(17-11-16(20)8-6-9-16)13-7-5-10-18(13)14(19)21-15(2,3)4/h12-13,17,20H,5-11H2,1-4H3. The topological polar surface area (TPSA) is 61.8 Å². The van der Waals surface area contributed by atoms with Crippen molar-refractivity contribution in [3.8, 4) is 0 Å². The van der Waals surface area contributed by atoms with Crippen LogP contribution in [0, 0.1) is 0 Å². The normalized spacial score (nSPS) is 26.3. The Morgan fingerprint density at radius 2 is 2.10 bits per heavy atom. The zero-order valence-electron chi connectivity index (χ0n) is 13.8. The average Bonchev–Trinajstić information content (AvgIpc) is 2.80. The summed E-state index contributed by atoms with van der Waals surface area (Å²) in [6.45, 7) is 9.15. The van der Waals surface area contributed by atoms with Crippen LogP contribution in [0.5, 0.6) is 0 Å². The average molecular weight is 298 g/mol. The van der Waals surface area contributed by atoms with Gasteiger partial charge in [0.25, 0.3) is 0 Å². The molecule has 5 nitrogen and oxygen atoms in total. The highest BCUT2D eigenvalue weighted by Gasteiger charge is 2.38. The second-order valence-electron chi connectivity index (χ2n) is 7.63. The van der Waals surface area contributed by atoms with Crippen molar-refractivity contribution >= 4 is 6.09 Å². The third kappa shape index (κ3) is 4.33. The molecule has 2 aliphatic rings. The molecule has 1 heterocycles. The van der Waals surface area contributed by atoms with Crippen LogP contribution in [-0.4, -0.2) is 52.5 Å². The lowest BCUT2D eigenvalue weighted by Crippen LogP contribution is -2.54. The van der Waals surface area contributed by atoms with Crippen LogP contribution in [0.15, 0.2) is 0 Å². The van der Waals surface area contributed by atoms with Gasteiger partial charge in [-0.2, -0.15) is 0 Å². The van der Waals surface area contributed by atoms with Crippen molar-refractivity contribution in [3.63, 3.8) is 0 Å². The van der Waals surface area contributed by atoms with Gasteiger partial charge in [-0.25, -0.2) is 4.79 Å². The van der Waals surface area contributed by atoms with Gasteiger partial charge in [-0.15, -0.1) is 0 Å². The fraction of sp³-hybridized carbons (Fsp3) is 0.938. The second-order valence-corrected chi connectivity index (χ2v) is 7.63. The summed E-state index contributed by atoms with van der Waals surface area (Å²) in [5.74, 6) is 0. The Bertz CT molecular complexity index is 374. The number of amides is 1. The molecule has 1 saturated heterocycles. The van der Waals surface area contributed by atoms with Crippen LogP contribution in [-0.2, 0) is 4.74 Å². The van der Waals surface area contributed by atoms with Gasteiger partial charge in [0.1, 0.15) is 5.60 Å². The number of aliphatic hydroxyl groups is 1. The molecule has 2 N–H and O–H groups in total. The van der Waals surface area contributed by atoms with E-state index < -0.39 is 11.2 Å². The molecule has 122 valence electrons. The molecule has 0 aromatic carbocycles. The molecule has 2 rings (SSSR count). The van der Waals surface area contributed by atoms with Crippen molar-refractivity contribution < 1.29 is 14.6 Å². The highest BCUT2D eigenvalue weighted by molar-refractivity contribution is 5.69. The minimum atomic E-state index is -0.524. The lowest BCUT2D eigenvalue weighted by molar-refractivity contribution is -0.0347. The van der Waals surface area contributed by atoms with Gasteiger partial charge in [0, 0.05) is 19.1 Å². The van der Waals surface area contributed by atoms with Crippen LogP contribution in [0.25, 0.3) is 0 Å². The summed E-state index contributed by atoms with van der Waals surface area (Å²) in [7, 11) is 0. The van der Waals surface area contributed by atoms with Gasteiger partial charge in [-0.3, -0.25) is 0 Å². The number of carbonyl (C=O) groups excluding carboxylic acids is 1. The molecule has 0 aromatic heterocycles. The predicted molar refractivity (Wildman–Crippen MR) is 82.2 cm³/mol. The van der Waals surface area contributed by atoms with Crippen molar-refractivity contribution in [3.05, 3.63) is 0 Å². The Morgan fingerprint density at radius 3 is 2.62 bits per heavy atom. The number of carbonyl (C=O) groups is 1. The van der Waals surface area contributed by atoms with Crippen molar-refractivity contribution in [2.24, 2.45) is 0 Å². The van der Waals surface area contributed by atoms with E-state index in [-0.39, 0.29) is 18.2 Å². The van der Waals surface area contributed by atoms with Gasteiger partial charge in [0.05, 0.1) is 11.6 Å². The van der Waals surface area contributed by atoms with Crippen LogP contribution < -0.4 is 5.32 Å². The zero-order chi connectivity index (χ0) is 15.7. The lowest BCUT2D eigenvalue weighted by Gasteiger charge is -2.39. The van der Waals surface area contributed by atoms with E-state index in [1.165, 1.54) is 0 Å². The molecule has 0 bridgehead atoms. The van der Waals surface area contributed by atoms with Crippen LogP contribution in [0.2, 0.25) is 0 Å². The first-order valence-corrected chi connectivity index (χ1v) is 8.16. The van der Waals surface area contributed by atoms with E-state index in [1.54, 1.807) is 0 Å². The van der Waals surface area contributed by atoms with Gasteiger partial charge in [0.15, 0.2) is 0 Å². The van der Waals surface area contributed by atoms with Crippen molar-refractivity contribution in [2.45, 2.75) is 83.1 Å². The Hall–Kier alpha value is -0.810. The molecule has 2 atom stereocenters. The zero-order valence-corrected chi connectivity index (χ0v) is 13.8. The number of rotatable bonds is 4. The largest absolute Gasteiger partial charge is 0.444 e. The van der Waals surface area contributed by atoms with Crippen LogP contribution >= 0.6 is 0 Å². The number of ether oxygens (including phenoxy) is 1. The SMILES string of the molecule is CC(NCC1(O)CCC1)C1CCCN1C(=O)OC(C)(C)C. The molecule has 21 heavy (non-hydrogen) atoms. The number of hydrogen-bond donors (Lipinski definition) is 2. The van der Waals surface area contributed by atoms with E-state index in [2.05, 4.69) is 12.2 Å². The molecule has 0 radical (unpaired) electrons. The Balaban J connectivity index is 1.86. The quantitative estimate of drug-likeness (QED) is 0.836. The smallest absolute Gasteiger partial charge is 0.410 e. The molecular formula is C16H30N2O3. The lowest BCUT2D eigenvalue weighted by atomic mass is 9.80. The first-order chi connectivity index (χ1) is 9.70. The summed E-state index contributed by atoms with van der Waals surface area (Å²) in [4.78, 5) is 14.1. The molecule has 1 aliphatic carbocycles. The molecule has 5 heteroatoms. The Labute approximate surface area is 128 Å². The van der Waals surface area contributed by atoms with Gasteiger partial charge in [-0.1, -0.05) is 0 Å². The highest BCUT2D eigenvalue weighted by atomic mass is 16.6. The fourth-order valence-electron chi connectivity index (χ4n) is 3.11. The van der Waals surface area contributed by atoms with E-state index in [1.807, 2.05) is 25.7 Å². The first-order valence-electron chi connectivity index (χ1n) is 8.16. The summed E-state index contributed by atoms with van der Waals surface area (Å²) < 4.78 is 5.49. The minimum Gasteiger partial charge on any atom is -0.444 e. The van der Waals surface area contributed by atoms with E-state index in [0.29, 0.717) is 6.54 Å². The van der Waals surface area contributed by atoms with Crippen LogP contribution in [0.4, 0.5) is 4.79 Å². The van der Waals surface area contributed by atoms with Crippen molar-refractivity contribution in [1.29, 1.82) is 0 Å². The molecule has 2 fully saturated rings. The minimum absolute atomic E-state index is 0.156. The molecule has 0 spiro atoms. The van der Waals surface area contributed by atoms with E-state index in [9.17, 15) is 9.90 Å². The van der Waals surface area contributed by atoms with Gasteiger partial charge < -0.3 is 20.1 Å². The first kappa shape index (κ1) is 16.6. The maximum atomic E-state index is 12.3. The highest BCUT2D eigenvalue weighted by Crippen LogP contribution is 2.31. The van der Waals surface area contributed by atoms with Crippen molar-refractivity contribution in [1.82, 2.24) is 10.2 Å². The van der Waals surface area contributed by atoms with E-state index in [4.69, 9.17) is 4.74 Å². The fourth-order valence-corrected chi connectivity index (χ4v) is 3.11. The van der Waals surface area contributed by atoms with E-state index in [0.717, 1.165) is 38.6 Å². The molecule has 1 aliphatic heterocycles. The third-order valence-corrected chi connectivity index (χ3v) is 4.54. The monoisotopic (exact) mass is 298 g/mol. The van der Waals surface area contributed by atoms with E-state index >= 15 is 0 Å². The Morgan fingerprint density at radius 1 is 1.43 bits per heavy atom. The maximum absolute atomic E-state index is 12.3. The molecule has 0 aromatic rings. The summed E-state index contributed by atoms with van der Waals surface area (Å²) >= 11 is 0. The van der Waals surface area contributed by atoms with Gasteiger partial charge in [0.2, 0.25) is 0 Å². The molecular weight excluding hydrogens is 268 g/mol. The molecule has 2 unspecified atom stereocenters. The summed E-state index contributed by atoms with van der Waals surface area (Å²) in [5.41, 5.74) is -0.981. The van der Waals surface area contributed by atoms with Gasteiger partial charge in [-0.05, 0) is 59.8 Å². The van der Waals surface area contributed by atoms with Crippen LogP contribution in [0.3, 0.4) is 0 Å². The third-order valence-electron chi connectivity index (χ3n) is 4.54. The molecule has 1 amide bonds. The number of nitrogens with zero attached hydrogens (tertiary/aromatic N) is 1. The summed E-state index contributed by atoms with van der Waals surface area (Å²) in [6, 6.07) is 0.327. The number of likely N-dealkylation sites (tertiary alicyclic amines) is 1. The Kier molecular flexibility index (Phi) is 4.83. The van der Waals surface area contributed by atoms with Crippen LogP contribution in [0.1, 0.15) is 59.8 Å². The number of hydrogen-bond acceptors (Lipinski definition) is 4. The number of nitrogens with one attached hydrogen (secondary N) is 1. The van der Waals surface area contributed by atoms with Crippen molar-refractivity contribution in [2.75, 3.05) is 13.1 Å².